The monoisotopic (exact) mass is 449 g/mol. The molecular formula is C22H21Cl2NO5. The third kappa shape index (κ3) is 6.31. The first-order chi connectivity index (χ1) is 14.4. The molecule has 0 spiro atoms. The van der Waals surface area contributed by atoms with Crippen molar-refractivity contribution in [3.8, 4) is 23.8 Å². The summed E-state index contributed by atoms with van der Waals surface area (Å²) in [5, 5.41) is 3.67. The Morgan fingerprint density at radius 2 is 1.90 bits per heavy atom. The lowest BCUT2D eigenvalue weighted by molar-refractivity contribution is -0.142. The zero-order chi connectivity index (χ0) is 22.1. The topological polar surface area (TPSA) is 73.9 Å². The van der Waals surface area contributed by atoms with Gasteiger partial charge in [-0.1, -0.05) is 29.3 Å². The van der Waals surface area contributed by atoms with Gasteiger partial charge >= 0.3 is 5.97 Å². The summed E-state index contributed by atoms with van der Waals surface area (Å²) in [6, 6.07) is 9.00. The predicted octanol–water partition coefficient (Wildman–Crippen LogP) is 3.92. The van der Waals surface area contributed by atoms with Crippen LogP contribution in [-0.4, -0.2) is 38.7 Å². The second kappa shape index (κ2) is 11.3. The van der Waals surface area contributed by atoms with Gasteiger partial charge in [0.2, 0.25) is 0 Å². The Bertz CT molecular complexity index is 955. The number of amides is 1. The average Bonchev–Trinajstić information content (AvgIpc) is 2.74. The van der Waals surface area contributed by atoms with Crippen molar-refractivity contribution < 1.29 is 23.8 Å². The zero-order valence-corrected chi connectivity index (χ0v) is 18.0. The van der Waals surface area contributed by atoms with Gasteiger partial charge in [-0.25, -0.2) is 4.79 Å². The van der Waals surface area contributed by atoms with Crippen LogP contribution in [-0.2, 0) is 16.0 Å². The van der Waals surface area contributed by atoms with E-state index in [4.69, 9.17) is 39.1 Å². The Hall–Kier alpha value is -2.88. The number of terminal acetylenes is 1. The molecule has 0 bridgehead atoms. The molecule has 0 aromatic heterocycles. The molecule has 6 nitrogen and oxygen atoms in total. The first-order valence-electron chi connectivity index (χ1n) is 8.96. The molecule has 1 atom stereocenters. The summed E-state index contributed by atoms with van der Waals surface area (Å²) < 4.78 is 15.8. The highest BCUT2D eigenvalue weighted by Crippen LogP contribution is 2.29. The predicted molar refractivity (Wildman–Crippen MR) is 115 cm³/mol. The Morgan fingerprint density at radius 1 is 1.13 bits per heavy atom. The van der Waals surface area contributed by atoms with Crippen molar-refractivity contribution in [2.75, 3.05) is 20.8 Å². The van der Waals surface area contributed by atoms with Gasteiger partial charge in [0.25, 0.3) is 5.91 Å². The lowest BCUT2D eigenvalue weighted by atomic mass is 10.1. The molecule has 0 heterocycles. The lowest BCUT2D eigenvalue weighted by Gasteiger charge is -2.16. The van der Waals surface area contributed by atoms with E-state index in [1.54, 1.807) is 24.3 Å². The fourth-order valence-electron chi connectivity index (χ4n) is 2.62. The molecule has 30 heavy (non-hydrogen) atoms. The van der Waals surface area contributed by atoms with Gasteiger partial charge in [0.15, 0.2) is 11.5 Å². The average molecular weight is 450 g/mol. The van der Waals surface area contributed by atoms with Crippen molar-refractivity contribution in [3.63, 3.8) is 0 Å². The highest BCUT2D eigenvalue weighted by Gasteiger charge is 2.22. The SMILES string of the molecule is C#CCC(NC(=O)c1ccc(OC)c(OCCc2ccc(Cl)cc2Cl)c1)C(=O)OC. The molecule has 0 radical (unpaired) electrons. The van der Waals surface area contributed by atoms with Crippen LogP contribution in [0, 0.1) is 12.3 Å². The largest absolute Gasteiger partial charge is 0.493 e. The Balaban J connectivity index is 2.11. The van der Waals surface area contributed by atoms with E-state index >= 15 is 0 Å². The summed E-state index contributed by atoms with van der Waals surface area (Å²) in [5.41, 5.74) is 1.16. The summed E-state index contributed by atoms with van der Waals surface area (Å²) in [5.74, 6) is 2.07. The molecular weight excluding hydrogens is 429 g/mol. The van der Waals surface area contributed by atoms with Crippen LogP contribution in [0.5, 0.6) is 11.5 Å². The minimum Gasteiger partial charge on any atom is -0.493 e. The number of rotatable bonds is 9. The van der Waals surface area contributed by atoms with E-state index in [9.17, 15) is 9.59 Å². The quantitative estimate of drug-likeness (QED) is 0.463. The standard InChI is InChI=1S/C22H21Cl2NO5/c1-4-5-18(22(27)29-3)25-21(26)15-7-9-19(28-2)20(12-15)30-11-10-14-6-8-16(23)13-17(14)24/h1,6-9,12-13,18H,5,10-11H2,2-3H3,(H,25,26). The highest BCUT2D eigenvalue weighted by atomic mass is 35.5. The maximum atomic E-state index is 12.6. The maximum Gasteiger partial charge on any atom is 0.329 e. The van der Waals surface area contributed by atoms with Crippen LogP contribution in [0.2, 0.25) is 10.0 Å². The molecule has 1 amide bonds. The lowest BCUT2D eigenvalue weighted by Crippen LogP contribution is -2.41. The molecule has 0 saturated heterocycles. The maximum absolute atomic E-state index is 12.6. The molecule has 1 unspecified atom stereocenters. The molecule has 1 N–H and O–H groups in total. The van der Waals surface area contributed by atoms with Gasteiger partial charge in [0.1, 0.15) is 6.04 Å². The molecule has 0 aliphatic carbocycles. The van der Waals surface area contributed by atoms with E-state index in [1.165, 1.54) is 20.3 Å². The first-order valence-corrected chi connectivity index (χ1v) is 9.72. The summed E-state index contributed by atoms with van der Waals surface area (Å²) in [6.45, 7) is 0.296. The summed E-state index contributed by atoms with van der Waals surface area (Å²) in [6.07, 6.45) is 5.80. The molecule has 0 aliphatic heterocycles. The number of hydrogen-bond donors (Lipinski definition) is 1. The number of benzene rings is 2. The van der Waals surface area contributed by atoms with Gasteiger partial charge in [-0.15, -0.1) is 12.3 Å². The van der Waals surface area contributed by atoms with Crippen LogP contribution in [0.3, 0.4) is 0 Å². The van der Waals surface area contributed by atoms with Crippen molar-refractivity contribution in [1.82, 2.24) is 5.32 Å². The van der Waals surface area contributed by atoms with Crippen LogP contribution in [0.1, 0.15) is 22.3 Å². The number of methoxy groups -OCH3 is 2. The van der Waals surface area contributed by atoms with E-state index in [0.717, 1.165) is 5.56 Å². The van der Waals surface area contributed by atoms with Crippen molar-refractivity contribution in [1.29, 1.82) is 0 Å². The fourth-order valence-corrected chi connectivity index (χ4v) is 3.12. The highest BCUT2D eigenvalue weighted by molar-refractivity contribution is 6.35. The minimum atomic E-state index is -0.939. The van der Waals surface area contributed by atoms with Crippen molar-refractivity contribution in [2.45, 2.75) is 18.9 Å². The molecule has 2 aromatic carbocycles. The molecule has 0 fully saturated rings. The fraction of sp³-hybridized carbons (Fsp3) is 0.273. The van der Waals surface area contributed by atoms with Crippen LogP contribution in [0.4, 0.5) is 0 Å². The molecule has 2 aromatic rings. The van der Waals surface area contributed by atoms with Crippen LogP contribution in [0.15, 0.2) is 36.4 Å². The molecule has 158 valence electrons. The number of halogens is 2. The van der Waals surface area contributed by atoms with Gasteiger partial charge in [-0.3, -0.25) is 4.79 Å². The number of nitrogens with one attached hydrogen (secondary N) is 1. The molecule has 0 saturated carbocycles. The van der Waals surface area contributed by atoms with Crippen LogP contribution in [0.25, 0.3) is 0 Å². The number of ether oxygens (including phenoxy) is 3. The summed E-state index contributed by atoms with van der Waals surface area (Å²) in [7, 11) is 2.72. The van der Waals surface area contributed by atoms with Crippen molar-refractivity contribution in [2.24, 2.45) is 0 Å². The van der Waals surface area contributed by atoms with Gasteiger partial charge in [-0.2, -0.15) is 0 Å². The van der Waals surface area contributed by atoms with Gasteiger partial charge in [0.05, 0.1) is 20.8 Å². The Morgan fingerprint density at radius 3 is 2.53 bits per heavy atom. The molecule has 0 aliphatic rings. The normalized spacial score (nSPS) is 11.2. The van der Waals surface area contributed by atoms with Gasteiger partial charge in [0, 0.05) is 28.5 Å². The third-order valence-corrected chi connectivity index (χ3v) is 4.77. The second-order valence-corrected chi connectivity index (χ2v) is 7.00. The smallest absolute Gasteiger partial charge is 0.329 e. The van der Waals surface area contributed by atoms with Crippen molar-refractivity contribution in [3.05, 3.63) is 57.6 Å². The second-order valence-electron chi connectivity index (χ2n) is 6.16. The van der Waals surface area contributed by atoms with E-state index in [0.29, 0.717) is 34.6 Å². The summed E-state index contributed by atoms with van der Waals surface area (Å²) >= 11 is 12.1. The van der Waals surface area contributed by atoms with Crippen LogP contribution >= 0.6 is 23.2 Å². The van der Waals surface area contributed by atoms with E-state index < -0.39 is 17.9 Å². The number of esters is 1. The molecule has 2 rings (SSSR count). The van der Waals surface area contributed by atoms with E-state index in [2.05, 4.69) is 16.0 Å². The van der Waals surface area contributed by atoms with Gasteiger partial charge < -0.3 is 19.5 Å². The first kappa shape index (κ1) is 23.4. The third-order valence-electron chi connectivity index (χ3n) is 4.18. The number of carbonyl (C=O) groups is 2. The number of hydrogen-bond acceptors (Lipinski definition) is 5. The van der Waals surface area contributed by atoms with E-state index in [-0.39, 0.29) is 12.0 Å². The Kier molecular flexibility index (Phi) is 8.85. The summed E-state index contributed by atoms with van der Waals surface area (Å²) in [4.78, 5) is 24.3. The Labute approximate surface area is 185 Å². The van der Waals surface area contributed by atoms with E-state index in [1.807, 2.05) is 6.07 Å². The molecule has 8 heteroatoms. The van der Waals surface area contributed by atoms with Gasteiger partial charge in [-0.05, 0) is 35.9 Å². The van der Waals surface area contributed by atoms with Crippen LogP contribution < -0.4 is 14.8 Å². The van der Waals surface area contributed by atoms with Crippen molar-refractivity contribution >= 4 is 35.1 Å². The minimum absolute atomic E-state index is 0.0137. The zero-order valence-electron chi connectivity index (χ0n) is 16.5. The number of carbonyl (C=O) groups excluding carboxylic acids is 2.